The third-order valence-electron chi connectivity index (χ3n) is 1.92. The van der Waals surface area contributed by atoms with Gasteiger partial charge in [0.05, 0.1) is 12.0 Å². The molecule has 1 atom stereocenters. The van der Waals surface area contributed by atoms with Crippen molar-refractivity contribution in [1.29, 1.82) is 0 Å². The number of amides is 1. The predicted molar refractivity (Wildman–Crippen MR) is 65.3 cm³/mol. The van der Waals surface area contributed by atoms with Crippen LogP contribution in [0.1, 0.15) is 10.4 Å². The van der Waals surface area contributed by atoms with E-state index in [1.165, 1.54) is 0 Å². The molecule has 0 bridgehead atoms. The number of benzene rings is 1. The molecule has 1 amide bonds. The molecule has 5 heteroatoms. The summed E-state index contributed by atoms with van der Waals surface area (Å²) in [4.78, 5) is 11.6. The Morgan fingerprint density at radius 1 is 1.56 bits per heavy atom. The second-order valence-electron chi connectivity index (χ2n) is 3.27. The van der Waals surface area contributed by atoms with E-state index in [1.54, 1.807) is 31.4 Å². The summed E-state index contributed by atoms with van der Waals surface area (Å²) in [5.41, 5.74) is 0.522. The SMILES string of the molecule is COCC(Cl)CNC(=O)c1cccc(Cl)c1. The first-order valence-electron chi connectivity index (χ1n) is 4.80. The van der Waals surface area contributed by atoms with Gasteiger partial charge in [-0.15, -0.1) is 11.6 Å². The summed E-state index contributed by atoms with van der Waals surface area (Å²) in [6.07, 6.45) is 0. The van der Waals surface area contributed by atoms with Crippen LogP contribution in [0.2, 0.25) is 5.02 Å². The molecule has 16 heavy (non-hydrogen) atoms. The quantitative estimate of drug-likeness (QED) is 0.827. The summed E-state index contributed by atoms with van der Waals surface area (Å²) in [6, 6.07) is 6.75. The number of carbonyl (C=O) groups excluding carboxylic acids is 1. The first-order valence-corrected chi connectivity index (χ1v) is 5.61. The maximum atomic E-state index is 11.6. The minimum Gasteiger partial charge on any atom is -0.383 e. The fourth-order valence-corrected chi connectivity index (χ4v) is 1.57. The summed E-state index contributed by atoms with van der Waals surface area (Å²) in [5, 5.41) is 3.01. The third kappa shape index (κ3) is 4.39. The Kier molecular flexibility index (Phi) is 5.60. The number of rotatable bonds is 5. The molecule has 88 valence electrons. The first-order chi connectivity index (χ1) is 7.63. The highest BCUT2D eigenvalue weighted by molar-refractivity contribution is 6.31. The summed E-state index contributed by atoms with van der Waals surface area (Å²) in [5.74, 6) is -0.191. The van der Waals surface area contributed by atoms with Crippen molar-refractivity contribution in [3.05, 3.63) is 34.9 Å². The van der Waals surface area contributed by atoms with Crippen LogP contribution in [-0.4, -0.2) is 31.5 Å². The molecule has 0 aromatic heterocycles. The maximum Gasteiger partial charge on any atom is 0.251 e. The van der Waals surface area contributed by atoms with E-state index in [-0.39, 0.29) is 11.3 Å². The zero-order valence-electron chi connectivity index (χ0n) is 8.87. The Hall–Kier alpha value is -0.770. The molecule has 1 rings (SSSR count). The molecule has 1 unspecified atom stereocenters. The summed E-state index contributed by atoms with van der Waals surface area (Å²) in [7, 11) is 1.56. The van der Waals surface area contributed by atoms with Crippen LogP contribution in [0.5, 0.6) is 0 Å². The van der Waals surface area contributed by atoms with Crippen LogP contribution in [0.25, 0.3) is 0 Å². The minimum atomic E-state index is -0.229. The van der Waals surface area contributed by atoms with E-state index in [2.05, 4.69) is 5.32 Å². The first kappa shape index (κ1) is 13.3. The summed E-state index contributed by atoms with van der Waals surface area (Å²) in [6.45, 7) is 0.762. The molecule has 0 aliphatic carbocycles. The van der Waals surface area contributed by atoms with E-state index in [9.17, 15) is 4.79 Å². The van der Waals surface area contributed by atoms with Crippen molar-refractivity contribution in [3.63, 3.8) is 0 Å². The van der Waals surface area contributed by atoms with E-state index in [0.29, 0.717) is 23.7 Å². The molecule has 0 saturated carbocycles. The normalized spacial score (nSPS) is 12.2. The van der Waals surface area contributed by atoms with Crippen LogP contribution in [0, 0.1) is 0 Å². The van der Waals surface area contributed by atoms with Gasteiger partial charge in [0.25, 0.3) is 5.91 Å². The van der Waals surface area contributed by atoms with E-state index in [1.807, 2.05) is 0 Å². The van der Waals surface area contributed by atoms with Gasteiger partial charge >= 0.3 is 0 Å². The molecule has 3 nitrogen and oxygen atoms in total. The Balaban J connectivity index is 2.47. The molecule has 0 aliphatic rings. The fraction of sp³-hybridized carbons (Fsp3) is 0.364. The van der Waals surface area contributed by atoms with Gasteiger partial charge < -0.3 is 10.1 Å². The minimum absolute atomic E-state index is 0.191. The van der Waals surface area contributed by atoms with Crippen molar-refractivity contribution in [2.24, 2.45) is 0 Å². The largest absolute Gasteiger partial charge is 0.383 e. The number of carbonyl (C=O) groups is 1. The lowest BCUT2D eigenvalue weighted by atomic mass is 10.2. The van der Waals surface area contributed by atoms with Gasteiger partial charge in [0.15, 0.2) is 0 Å². The molecular weight excluding hydrogens is 249 g/mol. The molecule has 1 aromatic rings. The highest BCUT2D eigenvalue weighted by Crippen LogP contribution is 2.10. The van der Waals surface area contributed by atoms with Crippen LogP contribution in [-0.2, 0) is 4.74 Å². The molecule has 0 radical (unpaired) electrons. The number of ether oxygens (including phenoxy) is 1. The summed E-state index contributed by atoms with van der Waals surface area (Å²) >= 11 is 11.7. The van der Waals surface area contributed by atoms with Crippen LogP contribution in [0.4, 0.5) is 0 Å². The van der Waals surface area contributed by atoms with Gasteiger partial charge in [0, 0.05) is 24.2 Å². The molecular formula is C11H13Cl2NO2. The highest BCUT2D eigenvalue weighted by atomic mass is 35.5. The number of hydrogen-bond acceptors (Lipinski definition) is 2. The molecule has 1 N–H and O–H groups in total. The van der Waals surface area contributed by atoms with Gasteiger partial charge in [0.2, 0.25) is 0 Å². The van der Waals surface area contributed by atoms with E-state index >= 15 is 0 Å². The number of nitrogens with one attached hydrogen (secondary N) is 1. The van der Waals surface area contributed by atoms with Crippen molar-refractivity contribution in [3.8, 4) is 0 Å². The number of halogens is 2. The highest BCUT2D eigenvalue weighted by Gasteiger charge is 2.08. The van der Waals surface area contributed by atoms with Gasteiger partial charge in [-0.05, 0) is 18.2 Å². The lowest BCUT2D eigenvalue weighted by Gasteiger charge is -2.09. The molecule has 0 aliphatic heterocycles. The van der Waals surface area contributed by atoms with E-state index in [4.69, 9.17) is 27.9 Å². The second-order valence-corrected chi connectivity index (χ2v) is 4.33. The Bertz CT molecular complexity index is 358. The average molecular weight is 262 g/mol. The van der Waals surface area contributed by atoms with Crippen molar-refractivity contribution < 1.29 is 9.53 Å². The van der Waals surface area contributed by atoms with Gasteiger partial charge in [-0.3, -0.25) is 4.79 Å². The Labute approximate surface area is 105 Å². The molecule has 0 heterocycles. The predicted octanol–water partition coefficient (Wildman–Crippen LogP) is 2.32. The molecule has 1 aromatic carbocycles. The van der Waals surface area contributed by atoms with Crippen molar-refractivity contribution >= 4 is 29.1 Å². The lowest BCUT2D eigenvalue weighted by molar-refractivity contribution is 0.0949. The van der Waals surface area contributed by atoms with E-state index < -0.39 is 0 Å². The number of hydrogen-bond donors (Lipinski definition) is 1. The fourth-order valence-electron chi connectivity index (χ4n) is 1.17. The van der Waals surface area contributed by atoms with Gasteiger partial charge in [-0.1, -0.05) is 17.7 Å². The number of methoxy groups -OCH3 is 1. The van der Waals surface area contributed by atoms with E-state index in [0.717, 1.165) is 0 Å². The smallest absolute Gasteiger partial charge is 0.251 e. The Morgan fingerprint density at radius 2 is 2.31 bits per heavy atom. The van der Waals surface area contributed by atoms with Gasteiger partial charge in [-0.25, -0.2) is 0 Å². The number of alkyl halides is 1. The molecule has 0 fully saturated rings. The zero-order valence-corrected chi connectivity index (χ0v) is 10.4. The average Bonchev–Trinajstić information content (AvgIpc) is 2.26. The third-order valence-corrected chi connectivity index (χ3v) is 2.43. The van der Waals surface area contributed by atoms with Crippen LogP contribution < -0.4 is 5.32 Å². The van der Waals surface area contributed by atoms with Crippen LogP contribution >= 0.6 is 23.2 Å². The monoisotopic (exact) mass is 261 g/mol. The van der Waals surface area contributed by atoms with Crippen LogP contribution in [0.3, 0.4) is 0 Å². The molecule has 0 saturated heterocycles. The summed E-state index contributed by atoms with van der Waals surface area (Å²) < 4.78 is 4.86. The van der Waals surface area contributed by atoms with Gasteiger partial charge in [0.1, 0.15) is 0 Å². The maximum absolute atomic E-state index is 11.6. The molecule has 0 spiro atoms. The van der Waals surface area contributed by atoms with Crippen molar-refractivity contribution in [2.75, 3.05) is 20.3 Å². The standard InChI is InChI=1S/C11H13Cl2NO2/c1-16-7-10(13)6-14-11(15)8-3-2-4-9(12)5-8/h2-5,10H,6-7H2,1H3,(H,14,15). The zero-order chi connectivity index (χ0) is 12.0. The topological polar surface area (TPSA) is 38.3 Å². The van der Waals surface area contributed by atoms with Gasteiger partial charge in [-0.2, -0.15) is 0 Å². The van der Waals surface area contributed by atoms with Crippen molar-refractivity contribution in [2.45, 2.75) is 5.38 Å². The Morgan fingerprint density at radius 3 is 2.94 bits per heavy atom. The lowest BCUT2D eigenvalue weighted by Crippen LogP contribution is -2.31. The van der Waals surface area contributed by atoms with Crippen LogP contribution in [0.15, 0.2) is 24.3 Å². The second kappa shape index (κ2) is 6.74. The van der Waals surface area contributed by atoms with Crippen molar-refractivity contribution in [1.82, 2.24) is 5.32 Å².